The van der Waals surface area contributed by atoms with Gasteiger partial charge in [0.05, 0.1) is 13.2 Å². The minimum Gasteiger partial charge on any atom is -0.490 e. The summed E-state index contributed by atoms with van der Waals surface area (Å²) < 4.78 is 11.4. The first-order valence-corrected chi connectivity index (χ1v) is 7.24. The van der Waals surface area contributed by atoms with E-state index < -0.39 is 0 Å². The molecule has 0 aliphatic heterocycles. The SMILES string of the molecule is CCOc1ccccc1OCCC(C)C(CC)NC. The standard InChI is InChI=1S/C16H27NO2/c1-5-14(17-4)13(3)11-12-19-16-10-8-7-9-15(16)18-6-2/h7-10,13-14,17H,5-6,11-12H2,1-4H3. The highest BCUT2D eigenvalue weighted by Gasteiger charge is 2.13. The second-order valence-electron chi connectivity index (χ2n) is 4.80. The average molecular weight is 265 g/mol. The van der Waals surface area contributed by atoms with Crippen molar-refractivity contribution in [3.8, 4) is 11.5 Å². The number of benzene rings is 1. The van der Waals surface area contributed by atoms with Crippen molar-refractivity contribution < 1.29 is 9.47 Å². The van der Waals surface area contributed by atoms with Crippen LogP contribution in [0.1, 0.15) is 33.6 Å². The fourth-order valence-corrected chi connectivity index (χ4v) is 2.29. The van der Waals surface area contributed by atoms with Gasteiger partial charge in [-0.1, -0.05) is 26.0 Å². The Morgan fingerprint density at radius 2 is 1.74 bits per heavy atom. The summed E-state index contributed by atoms with van der Waals surface area (Å²) in [7, 11) is 2.02. The molecule has 0 bridgehead atoms. The van der Waals surface area contributed by atoms with Crippen LogP contribution in [0.25, 0.3) is 0 Å². The van der Waals surface area contributed by atoms with E-state index in [0.717, 1.165) is 30.9 Å². The Morgan fingerprint density at radius 3 is 2.26 bits per heavy atom. The van der Waals surface area contributed by atoms with Crippen LogP contribution < -0.4 is 14.8 Å². The van der Waals surface area contributed by atoms with E-state index in [-0.39, 0.29) is 0 Å². The van der Waals surface area contributed by atoms with Crippen LogP contribution >= 0.6 is 0 Å². The van der Waals surface area contributed by atoms with E-state index in [1.54, 1.807) is 0 Å². The monoisotopic (exact) mass is 265 g/mol. The molecule has 2 atom stereocenters. The van der Waals surface area contributed by atoms with Crippen molar-refractivity contribution in [1.29, 1.82) is 0 Å². The van der Waals surface area contributed by atoms with E-state index in [1.807, 2.05) is 38.2 Å². The molecule has 0 fully saturated rings. The molecule has 1 aromatic rings. The highest BCUT2D eigenvalue weighted by atomic mass is 16.5. The zero-order chi connectivity index (χ0) is 14.1. The van der Waals surface area contributed by atoms with Gasteiger partial charge in [0.15, 0.2) is 11.5 Å². The molecule has 1 aromatic carbocycles. The number of ether oxygens (including phenoxy) is 2. The molecule has 19 heavy (non-hydrogen) atoms. The van der Waals surface area contributed by atoms with Crippen LogP contribution in [-0.2, 0) is 0 Å². The van der Waals surface area contributed by atoms with Crippen LogP contribution in [0.4, 0.5) is 0 Å². The van der Waals surface area contributed by atoms with E-state index in [0.29, 0.717) is 18.6 Å². The van der Waals surface area contributed by atoms with Crippen molar-refractivity contribution in [1.82, 2.24) is 5.32 Å². The maximum atomic E-state index is 5.85. The Balaban J connectivity index is 2.44. The minimum absolute atomic E-state index is 0.561. The second kappa shape index (κ2) is 8.81. The molecule has 0 aliphatic carbocycles. The van der Waals surface area contributed by atoms with E-state index in [4.69, 9.17) is 9.47 Å². The summed E-state index contributed by atoms with van der Waals surface area (Å²) in [5, 5.41) is 3.35. The van der Waals surface area contributed by atoms with Gasteiger partial charge in [-0.05, 0) is 44.9 Å². The number of para-hydroxylation sites is 2. The Hall–Kier alpha value is -1.22. The lowest BCUT2D eigenvalue weighted by atomic mass is 9.97. The van der Waals surface area contributed by atoms with Gasteiger partial charge in [-0.15, -0.1) is 0 Å². The van der Waals surface area contributed by atoms with Gasteiger partial charge >= 0.3 is 0 Å². The zero-order valence-electron chi connectivity index (χ0n) is 12.6. The van der Waals surface area contributed by atoms with Crippen molar-refractivity contribution in [3.63, 3.8) is 0 Å². The van der Waals surface area contributed by atoms with Gasteiger partial charge in [-0.2, -0.15) is 0 Å². The molecule has 0 saturated carbocycles. The summed E-state index contributed by atoms with van der Waals surface area (Å²) in [5.74, 6) is 2.28. The third kappa shape index (κ3) is 5.11. The summed E-state index contributed by atoms with van der Waals surface area (Å²) in [6.07, 6.45) is 2.19. The van der Waals surface area contributed by atoms with Gasteiger partial charge in [0, 0.05) is 6.04 Å². The summed E-state index contributed by atoms with van der Waals surface area (Å²) in [6, 6.07) is 8.42. The van der Waals surface area contributed by atoms with Crippen LogP contribution in [0.2, 0.25) is 0 Å². The van der Waals surface area contributed by atoms with Crippen molar-refractivity contribution in [2.75, 3.05) is 20.3 Å². The molecule has 3 nitrogen and oxygen atoms in total. The Kier molecular flexibility index (Phi) is 7.34. The lowest BCUT2D eigenvalue weighted by Gasteiger charge is -2.22. The molecule has 0 heterocycles. The van der Waals surface area contributed by atoms with E-state index in [2.05, 4.69) is 19.2 Å². The second-order valence-corrected chi connectivity index (χ2v) is 4.80. The molecule has 0 aromatic heterocycles. The van der Waals surface area contributed by atoms with Crippen molar-refractivity contribution in [2.45, 2.75) is 39.7 Å². The largest absolute Gasteiger partial charge is 0.490 e. The minimum atomic E-state index is 0.561. The van der Waals surface area contributed by atoms with Gasteiger partial charge in [0.2, 0.25) is 0 Å². The lowest BCUT2D eigenvalue weighted by Crippen LogP contribution is -2.32. The van der Waals surface area contributed by atoms with Crippen molar-refractivity contribution >= 4 is 0 Å². The predicted molar refractivity (Wildman–Crippen MR) is 80.0 cm³/mol. The van der Waals surface area contributed by atoms with Crippen LogP contribution in [0.3, 0.4) is 0 Å². The number of rotatable bonds is 9. The smallest absolute Gasteiger partial charge is 0.161 e. The highest BCUT2D eigenvalue weighted by molar-refractivity contribution is 5.39. The van der Waals surface area contributed by atoms with Gasteiger partial charge in [-0.3, -0.25) is 0 Å². The first-order valence-electron chi connectivity index (χ1n) is 7.24. The maximum Gasteiger partial charge on any atom is 0.161 e. The zero-order valence-corrected chi connectivity index (χ0v) is 12.6. The van der Waals surface area contributed by atoms with Gasteiger partial charge in [-0.25, -0.2) is 0 Å². The lowest BCUT2D eigenvalue weighted by molar-refractivity contribution is 0.241. The van der Waals surface area contributed by atoms with Crippen LogP contribution in [0, 0.1) is 5.92 Å². The number of hydrogen-bond acceptors (Lipinski definition) is 3. The summed E-state index contributed by atoms with van der Waals surface area (Å²) in [6.45, 7) is 7.85. The van der Waals surface area contributed by atoms with Crippen LogP contribution in [0.5, 0.6) is 11.5 Å². The van der Waals surface area contributed by atoms with Gasteiger partial charge in [0.1, 0.15) is 0 Å². The highest BCUT2D eigenvalue weighted by Crippen LogP contribution is 2.26. The molecule has 108 valence electrons. The number of nitrogens with one attached hydrogen (secondary N) is 1. The Labute approximate surface area is 117 Å². The van der Waals surface area contributed by atoms with Crippen molar-refractivity contribution in [3.05, 3.63) is 24.3 Å². The van der Waals surface area contributed by atoms with E-state index >= 15 is 0 Å². The van der Waals surface area contributed by atoms with Gasteiger partial charge < -0.3 is 14.8 Å². The Morgan fingerprint density at radius 1 is 1.11 bits per heavy atom. The first kappa shape index (κ1) is 15.8. The normalized spacial score (nSPS) is 13.9. The molecule has 3 heteroatoms. The topological polar surface area (TPSA) is 30.5 Å². The molecule has 0 aliphatic rings. The maximum absolute atomic E-state index is 5.85. The fraction of sp³-hybridized carbons (Fsp3) is 0.625. The number of hydrogen-bond donors (Lipinski definition) is 1. The first-order chi connectivity index (χ1) is 9.22. The van der Waals surface area contributed by atoms with Crippen LogP contribution in [0.15, 0.2) is 24.3 Å². The molecule has 0 radical (unpaired) electrons. The summed E-state index contributed by atoms with van der Waals surface area (Å²) >= 11 is 0. The third-order valence-corrected chi connectivity index (χ3v) is 3.48. The molecule has 1 N–H and O–H groups in total. The summed E-state index contributed by atoms with van der Waals surface area (Å²) in [5.41, 5.74) is 0. The molecular weight excluding hydrogens is 238 g/mol. The van der Waals surface area contributed by atoms with Crippen LogP contribution in [-0.4, -0.2) is 26.3 Å². The van der Waals surface area contributed by atoms with Gasteiger partial charge in [0.25, 0.3) is 0 Å². The van der Waals surface area contributed by atoms with Crippen molar-refractivity contribution in [2.24, 2.45) is 5.92 Å². The predicted octanol–water partition coefficient (Wildman–Crippen LogP) is 3.49. The third-order valence-electron chi connectivity index (χ3n) is 3.48. The van der Waals surface area contributed by atoms with E-state index in [1.165, 1.54) is 0 Å². The summed E-state index contributed by atoms with van der Waals surface area (Å²) in [4.78, 5) is 0. The quantitative estimate of drug-likeness (QED) is 0.741. The molecular formula is C16H27NO2. The molecule has 0 saturated heterocycles. The molecule has 2 unspecified atom stereocenters. The Bertz CT molecular complexity index is 350. The molecule has 0 spiro atoms. The molecule has 1 rings (SSSR count). The molecule has 0 amide bonds. The van der Waals surface area contributed by atoms with E-state index in [9.17, 15) is 0 Å². The average Bonchev–Trinajstić information content (AvgIpc) is 2.42. The fourth-order valence-electron chi connectivity index (χ4n) is 2.29.